The number of alkyl carbamates (subject to hydrolysis) is 1. The first-order valence-corrected chi connectivity index (χ1v) is 20.4. The van der Waals surface area contributed by atoms with E-state index in [1.807, 2.05) is 64.1 Å². The molecule has 0 bridgehead atoms. The minimum atomic E-state index is -0.584. The fourth-order valence-corrected chi connectivity index (χ4v) is 8.40. The van der Waals surface area contributed by atoms with Crippen LogP contribution >= 0.6 is 0 Å². The fourth-order valence-electron chi connectivity index (χ4n) is 8.40. The topological polar surface area (TPSA) is 139 Å². The number of fused-ring (bicyclic) bond motifs is 4. The van der Waals surface area contributed by atoms with Crippen LogP contribution in [0.25, 0.3) is 22.0 Å². The minimum Gasteiger partial charge on any atom is -0.465 e. The van der Waals surface area contributed by atoms with Crippen molar-refractivity contribution in [3.63, 3.8) is 0 Å². The van der Waals surface area contributed by atoms with Crippen LogP contribution in [-0.2, 0) is 19.1 Å². The average Bonchev–Trinajstić information content (AvgIpc) is 3.47. The Morgan fingerprint density at radius 3 is 2.29 bits per heavy atom. The first-order valence-electron chi connectivity index (χ1n) is 20.4. The van der Waals surface area contributed by atoms with Gasteiger partial charge in [0.05, 0.1) is 11.6 Å². The van der Waals surface area contributed by atoms with Gasteiger partial charge in [-0.3, -0.25) is 14.4 Å². The molecule has 2 aliphatic rings. The summed E-state index contributed by atoms with van der Waals surface area (Å²) in [5.41, 5.74) is 6.08. The number of esters is 1. The van der Waals surface area contributed by atoms with E-state index in [0.717, 1.165) is 30.2 Å². The van der Waals surface area contributed by atoms with Crippen molar-refractivity contribution in [3.8, 4) is 11.1 Å². The number of nitrogens with one attached hydrogen (secondary N) is 4. The summed E-state index contributed by atoms with van der Waals surface area (Å²) >= 11 is 0. The molecule has 4 N–H and O–H groups in total. The number of carbonyl (C=O) groups is 3. The lowest BCUT2D eigenvalue weighted by Gasteiger charge is -2.28. The zero-order chi connectivity index (χ0) is 39.7. The fraction of sp³-hybridized carbons (Fsp3) is 0.478. The number of anilines is 1. The number of benzene rings is 3. The smallest absolute Gasteiger partial charge is 0.407 e. The van der Waals surface area contributed by atoms with Crippen molar-refractivity contribution in [1.29, 1.82) is 0 Å². The Bertz CT molecular complexity index is 2000. The van der Waals surface area contributed by atoms with Gasteiger partial charge in [-0.25, -0.2) is 4.79 Å². The number of carbonyl (C=O) groups excluding carboxylic acids is 3. The molecule has 2 atom stereocenters. The number of unbranched alkanes of at least 4 members (excludes halogenated alkanes) is 1. The second-order valence-electron chi connectivity index (χ2n) is 16.7. The quantitative estimate of drug-likeness (QED) is 0.0662. The highest BCUT2D eigenvalue weighted by atomic mass is 16.6. The van der Waals surface area contributed by atoms with E-state index in [1.165, 1.54) is 41.5 Å². The lowest BCUT2D eigenvalue weighted by molar-refractivity contribution is -0.145. The SMILES string of the molecule is Cc1cc(=O)[nH]c2cc(NC(=O)[C@H](CCCCNC(=O)OC(C)(C)C)NC[C@@H](CC(=O)OCC3c4ccccc4-c4ccccc43)CC3CCCCC3)ccc12. The van der Waals surface area contributed by atoms with E-state index in [-0.39, 0.29) is 42.3 Å². The van der Waals surface area contributed by atoms with Crippen molar-refractivity contribution >= 4 is 34.6 Å². The average molecular weight is 763 g/mol. The number of amides is 2. The maximum absolute atomic E-state index is 14.0. The normalized spacial score (nSPS) is 15.4. The number of aromatic amines is 1. The third-order valence-electron chi connectivity index (χ3n) is 11.1. The summed E-state index contributed by atoms with van der Waals surface area (Å²) in [6, 6.07) is 23.2. The molecule has 0 unspecified atom stereocenters. The predicted molar refractivity (Wildman–Crippen MR) is 222 cm³/mol. The van der Waals surface area contributed by atoms with Crippen LogP contribution in [-0.4, -0.2) is 54.3 Å². The Morgan fingerprint density at radius 1 is 0.893 bits per heavy atom. The van der Waals surface area contributed by atoms with E-state index >= 15 is 0 Å². The minimum absolute atomic E-state index is 0.00370. The Balaban J connectivity index is 1.12. The van der Waals surface area contributed by atoms with E-state index in [2.05, 4.69) is 45.2 Å². The summed E-state index contributed by atoms with van der Waals surface area (Å²) in [6.07, 6.45) is 8.51. The molecule has 10 heteroatoms. The number of H-pyrrole nitrogens is 1. The third-order valence-corrected chi connectivity index (χ3v) is 11.1. The van der Waals surface area contributed by atoms with Crippen molar-refractivity contribution in [1.82, 2.24) is 15.6 Å². The van der Waals surface area contributed by atoms with Crippen molar-refractivity contribution in [3.05, 3.63) is 99.8 Å². The molecule has 298 valence electrons. The van der Waals surface area contributed by atoms with Crippen LogP contribution in [0, 0.1) is 18.8 Å². The zero-order valence-corrected chi connectivity index (χ0v) is 33.4. The van der Waals surface area contributed by atoms with Crippen molar-refractivity contribution in [2.24, 2.45) is 11.8 Å². The Morgan fingerprint density at radius 2 is 1.59 bits per heavy atom. The standard InChI is InChI=1S/C46H58N4O6/c1-30-24-42(51)50-41-27-33(21-22-34(30)41)49-44(53)40(20-12-13-23-47-45(54)56-46(2,3)4)48-28-32(25-31-14-6-5-7-15-31)26-43(52)55-29-39-37-18-10-8-16-35(37)36-17-9-11-19-38(36)39/h8-11,16-19,21-22,24,27,31-32,39-40,48H,5-7,12-15,20,23,25-26,28-29H2,1-4H3,(H,47,54)(H,49,53)(H,50,51)/t32-,40+/m1/s1. The number of rotatable bonds is 16. The van der Waals surface area contributed by atoms with Gasteiger partial charge in [-0.2, -0.15) is 0 Å². The van der Waals surface area contributed by atoms with Gasteiger partial charge < -0.3 is 30.4 Å². The molecule has 1 heterocycles. The van der Waals surface area contributed by atoms with E-state index < -0.39 is 17.7 Å². The molecule has 4 aromatic rings. The van der Waals surface area contributed by atoms with Gasteiger partial charge in [0, 0.05) is 36.0 Å². The third kappa shape index (κ3) is 11.1. The monoisotopic (exact) mass is 762 g/mol. The summed E-state index contributed by atoms with van der Waals surface area (Å²) in [7, 11) is 0. The van der Waals surface area contributed by atoms with Gasteiger partial charge in [0.2, 0.25) is 11.5 Å². The van der Waals surface area contributed by atoms with Gasteiger partial charge in [0.1, 0.15) is 12.2 Å². The predicted octanol–water partition coefficient (Wildman–Crippen LogP) is 8.76. The second-order valence-corrected chi connectivity index (χ2v) is 16.7. The van der Waals surface area contributed by atoms with E-state index in [9.17, 15) is 19.2 Å². The van der Waals surface area contributed by atoms with Crippen LogP contribution in [0.5, 0.6) is 0 Å². The molecule has 10 nitrogen and oxygen atoms in total. The molecular formula is C46H58N4O6. The van der Waals surface area contributed by atoms with E-state index in [0.29, 0.717) is 49.5 Å². The summed E-state index contributed by atoms with van der Waals surface area (Å²) in [6.45, 7) is 8.56. The number of aryl methyl sites for hydroxylation is 1. The molecule has 2 aliphatic carbocycles. The Labute approximate surface area is 330 Å². The van der Waals surface area contributed by atoms with Crippen LogP contribution in [0.3, 0.4) is 0 Å². The maximum Gasteiger partial charge on any atom is 0.407 e. The molecule has 56 heavy (non-hydrogen) atoms. The van der Waals surface area contributed by atoms with Crippen LogP contribution in [0.1, 0.15) is 108 Å². The molecule has 1 fully saturated rings. The highest BCUT2D eigenvalue weighted by Gasteiger charge is 2.30. The van der Waals surface area contributed by atoms with Gasteiger partial charge in [-0.15, -0.1) is 0 Å². The van der Waals surface area contributed by atoms with Crippen LogP contribution < -0.4 is 21.5 Å². The summed E-state index contributed by atoms with van der Waals surface area (Å²) in [4.78, 5) is 54.8. The highest BCUT2D eigenvalue weighted by Crippen LogP contribution is 2.44. The molecule has 1 saturated carbocycles. The summed E-state index contributed by atoms with van der Waals surface area (Å²) in [5.74, 6) is 0.107. The first kappa shape index (κ1) is 40.7. The van der Waals surface area contributed by atoms with Crippen LogP contribution in [0.2, 0.25) is 0 Å². The molecule has 6 rings (SSSR count). The van der Waals surface area contributed by atoms with Crippen molar-refractivity contribution in [2.75, 3.05) is 25.0 Å². The number of pyridine rings is 1. The Hall–Kier alpha value is -4.96. The number of hydrogen-bond acceptors (Lipinski definition) is 7. The van der Waals surface area contributed by atoms with Gasteiger partial charge in [-0.05, 0) is 112 Å². The van der Waals surface area contributed by atoms with Crippen LogP contribution in [0.15, 0.2) is 77.6 Å². The molecule has 0 radical (unpaired) electrons. The lowest BCUT2D eigenvalue weighted by atomic mass is 9.81. The van der Waals surface area contributed by atoms with Crippen LogP contribution in [0.4, 0.5) is 10.5 Å². The Kier molecular flexibility index (Phi) is 13.7. The molecule has 0 saturated heterocycles. The second kappa shape index (κ2) is 18.8. The van der Waals surface area contributed by atoms with Gasteiger partial charge in [0.15, 0.2) is 0 Å². The molecule has 0 aliphatic heterocycles. The van der Waals surface area contributed by atoms with Gasteiger partial charge in [0.25, 0.3) is 0 Å². The van der Waals surface area contributed by atoms with E-state index in [1.54, 1.807) is 12.1 Å². The highest BCUT2D eigenvalue weighted by molar-refractivity contribution is 5.97. The van der Waals surface area contributed by atoms with E-state index in [4.69, 9.17) is 9.47 Å². The maximum atomic E-state index is 14.0. The number of hydrogen-bond donors (Lipinski definition) is 4. The molecule has 2 amide bonds. The molecular weight excluding hydrogens is 705 g/mol. The lowest BCUT2D eigenvalue weighted by Crippen LogP contribution is -2.43. The number of aromatic nitrogens is 1. The van der Waals surface area contributed by atoms with Gasteiger partial charge in [-0.1, -0.05) is 86.7 Å². The summed E-state index contributed by atoms with van der Waals surface area (Å²) < 4.78 is 11.4. The molecule has 0 spiro atoms. The zero-order valence-electron chi connectivity index (χ0n) is 33.4. The summed E-state index contributed by atoms with van der Waals surface area (Å²) in [5, 5.41) is 10.3. The van der Waals surface area contributed by atoms with Crippen molar-refractivity contribution in [2.45, 2.75) is 109 Å². The number of ether oxygens (including phenoxy) is 2. The largest absolute Gasteiger partial charge is 0.465 e. The van der Waals surface area contributed by atoms with Crippen molar-refractivity contribution < 1.29 is 23.9 Å². The molecule has 1 aromatic heterocycles. The first-order chi connectivity index (χ1) is 26.9. The molecule has 3 aromatic carbocycles. The van der Waals surface area contributed by atoms with Gasteiger partial charge >= 0.3 is 12.1 Å².